The Balaban J connectivity index is 2.43. The highest BCUT2D eigenvalue weighted by atomic mass is 79.9. The second-order valence-electron chi connectivity index (χ2n) is 3.55. The van der Waals surface area contributed by atoms with Gasteiger partial charge in [-0.25, -0.2) is 0 Å². The summed E-state index contributed by atoms with van der Waals surface area (Å²) in [5, 5.41) is 0. The minimum Gasteiger partial charge on any atom is -0.490 e. The fourth-order valence-electron chi connectivity index (χ4n) is 1.52. The molecule has 0 unspecified atom stereocenters. The van der Waals surface area contributed by atoms with Crippen LogP contribution in [0.15, 0.2) is 16.6 Å². The number of hydrogen-bond acceptors (Lipinski definition) is 3. The number of fused-ring (bicyclic) bond motifs is 1. The first-order valence-corrected chi connectivity index (χ1v) is 5.87. The van der Waals surface area contributed by atoms with Crippen LogP contribution in [0.2, 0.25) is 0 Å². The number of rotatable bonds is 1. The molecule has 1 aromatic carbocycles. The van der Waals surface area contributed by atoms with Crippen LogP contribution >= 0.6 is 15.9 Å². The van der Waals surface area contributed by atoms with Crippen molar-refractivity contribution in [3.8, 4) is 11.5 Å². The number of benzene rings is 1. The minimum absolute atomic E-state index is 0.412. The number of hydrogen-bond donors (Lipinski definition) is 1. The maximum absolute atomic E-state index is 11.1. The lowest BCUT2D eigenvalue weighted by Crippen LogP contribution is -2.13. The van der Waals surface area contributed by atoms with E-state index < -0.39 is 5.91 Å². The summed E-state index contributed by atoms with van der Waals surface area (Å²) in [5.74, 6) is 0.738. The van der Waals surface area contributed by atoms with Gasteiger partial charge in [0.05, 0.1) is 17.7 Å². The molecule has 16 heavy (non-hydrogen) atoms. The topological polar surface area (TPSA) is 61.6 Å². The van der Waals surface area contributed by atoms with Gasteiger partial charge in [0.25, 0.3) is 0 Å². The molecular weight excluding hydrogens is 274 g/mol. The molecule has 86 valence electrons. The van der Waals surface area contributed by atoms with Crippen molar-refractivity contribution in [1.82, 2.24) is 0 Å². The Morgan fingerprint density at radius 1 is 1.25 bits per heavy atom. The van der Waals surface area contributed by atoms with E-state index in [1.165, 1.54) is 0 Å². The largest absolute Gasteiger partial charge is 0.490 e. The van der Waals surface area contributed by atoms with E-state index in [1.807, 2.05) is 0 Å². The van der Waals surface area contributed by atoms with Gasteiger partial charge < -0.3 is 15.2 Å². The molecule has 1 heterocycles. The fourth-order valence-corrected chi connectivity index (χ4v) is 2.07. The molecule has 2 N–H and O–H groups in total. The number of carbonyl (C=O) groups excluding carboxylic acids is 1. The zero-order chi connectivity index (χ0) is 11.5. The summed E-state index contributed by atoms with van der Waals surface area (Å²) < 4.78 is 11.8. The van der Waals surface area contributed by atoms with E-state index in [0.29, 0.717) is 34.7 Å². The number of amides is 1. The van der Waals surface area contributed by atoms with Crippen molar-refractivity contribution in [2.75, 3.05) is 13.2 Å². The molecule has 1 amide bonds. The second-order valence-corrected chi connectivity index (χ2v) is 4.41. The molecule has 0 aliphatic carbocycles. The van der Waals surface area contributed by atoms with Crippen LogP contribution in [0.25, 0.3) is 0 Å². The molecule has 0 saturated heterocycles. The Kier molecular flexibility index (Phi) is 3.33. The summed E-state index contributed by atoms with van der Waals surface area (Å²) >= 11 is 3.35. The van der Waals surface area contributed by atoms with Crippen LogP contribution in [0, 0.1) is 0 Å². The zero-order valence-electron chi connectivity index (χ0n) is 8.66. The van der Waals surface area contributed by atoms with E-state index in [9.17, 15) is 4.79 Å². The summed E-state index contributed by atoms with van der Waals surface area (Å²) in [6, 6.07) is 3.26. The molecule has 1 aromatic rings. The average molecular weight is 286 g/mol. The average Bonchev–Trinajstić information content (AvgIpc) is 2.19. The highest BCUT2D eigenvalue weighted by Crippen LogP contribution is 2.37. The van der Waals surface area contributed by atoms with Crippen molar-refractivity contribution in [3.05, 3.63) is 22.2 Å². The lowest BCUT2D eigenvalue weighted by atomic mass is 10.2. The smallest absolute Gasteiger partial charge is 0.248 e. The standard InChI is InChI=1S/C11H12BrNO3/c12-8-5-7(11(13)14)6-9-10(8)16-4-2-1-3-15-9/h5-6H,1-4H2,(H2,13,14). The van der Waals surface area contributed by atoms with E-state index in [0.717, 1.165) is 12.8 Å². The van der Waals surface area contributed by atoms with E-state index in [1.54, 1.807) is 12.1 Å². The quantitative estimate of drug-likeness (QED) is 0.860. The van der Waals surface area contributed by atoms with Gasteiger partial charge in [-0.1, -0.05) is 0 Å². The Hall–Kier alpha value is -1.23. The lowest BCUT2D eigenvalue weighted by Gasteiger charge is -2.18. The molecule has 2 rings (SSSR count). The number of ether oxygens (including phenoxy) is 2. The summed E-state index contributed by atoms with van der Waals surface area (Å²) in [6.45, 7) is 1.29. The van der Waals surface area contributed by atoms with Gasteiger partial charge >= 0.3 is 0 Å². The Bertz CT molecular complexity index is 420. The molecule has 4 nitrogen and oxygen atoms in total. The summed E-state index contributed by atoms with van der Waals surface area (Å²) in [6.07, 6.45) is 1.90. The van der Waals surface area contributed by atoms with Crippen molar-refractivity contribution in [1.29, 1.82) is 0 Å². The second kappa shape index (κ2) is 4.74. The molecule has 1 aliphatic heterocycles. The number of carbonyl (C=O) groups is 1. The minimum atomic E-state index is -0.478. The first-order valence-electron chi connectivity index (χ1n) is 5.07. The third-order valence-electron chi connectivity index (χ3n) is 2.34. The van der Waals surface area contributed by atoms with Crippen LogP contribution in [0.4, 0.5) is 0 Å². The van der Waals surface area contributed by atoms with E-state index in [2.05, 4.69) is 15.9 Å². The van der Waals surface area contributed by atoms with Crippen LogP contribution in [0.3, 0.4) is 0 Å². The highest BCUT2D eigenvalue weighted by Gasteiger charge is 2.16. The van der Waals surface area contributed by atoms with Crippen molar-refractivity contribution in [3.63, 3.8) is 0 Å². The Labute approximate surface area is 102 Å². The van der Waals surface area contributed by atoms with E-state index in [4.69, 9.17) is 15.2 Å². The highest BCUT2D eigenvalue weighted by molar-refractivity contribution is 9.10. The zero-order valence-corrected chi connectivity index (χ0v) is 10.2. The first kappa shape index (κ1) is 11.3. The Morgan fingerprint density at radius 3 is 2.62 bits per heavy atom. The van der Waals surface area contributed by atoms with Gasteiger partial charge in [0, 0.05) is 5.56 Å². The molecule has 0 atom stereocenters. The fraction of sp³-hybridized carbons (Fsp3) is 0.364. The van der Waals surface area contributed by atoms with Crippen molar-refractivity contribution < 1.29 is 14.3 Å². The van der Waals surface area contributed by atoms with E-state index in [-0.39, 0.29) is 0 Å². The van der Waals surface area contributed by atoms with Crippen LogP contribution in [0.1, 0.15) is 23.2 Å². The first-order chi connectivity index (χ1) is 7.68. The predicted molar refractivity (Wildman–Crippen MR) is 62.9 cm³/mol. The van der Waals surface area contributed by atoms with Gasteiger partial charge in [-0.05, 0) is 40.9 Å². The molecule has 0 saturated carbocycles. The maximum Gasteiger partial charge on any atom is 0.248 e. The molecule has 1 aliphatic rings. The number of halogens is 1. The van der Waals surface area contributed by atoms with Gasteiger partial charge in [-0.2, -0.15) is 0 Å². The molecule has 5 heteroatoms. The summed E-state index contributed by atoms with van der Waals surface area (Å²) in [5.41, 5.74) is 5.64. The van der Waals surface area contributed by atoms with Gasteiger partial charge in [-0.15, -0.1) is 0 Å². The molecule has 0 spiro atoms. The number of primary amides is 1. The third kappa shape index (κ3) is 2.29. The SMILES string of the molecule is NC(=O)c1cc(Br)c2c(c1)OCCCCO2. The molecule has 0 bridgehead atoms. The van der Waals surface area contributed by atoms with Crippen molar-refractivity contribution >= 4 is 21.8 Å². The Morgan fingerprint density at radius 2 is 1.94 bits per heavy atom. The lowest BCUT2D eigenvalue weighted by molar-refractivity contribution is 0.0999. The van der Waals surface area contributed by atoms with Gasteiger partial charge in [-0.3, -0.25) is 4.79 Å². The third-order valence-corrected chi connectivity index (χ3v) is 2.93. The maximum atomic E-state index is 11.1. The van der Waals surface area contributed by atoms with Crippen LogP contribution < -0.4 is 15.2 Å². The molecule has 0 aromatic heterocycles. The van der Waals surface area contributed by atoms with Crippen LogP contribution in [0.5, 0.6) is 11.5 Å². The number of nitrogens with two attached hydrogens (primary N) is 1. The molecule has 0 fully saturated rings. The normalized spacial score (nSPS) is 15.1. The van der Waals surface area contributed by atoms with Crippen molar-refractivity contribution in [2.45, 2.75) is 12.8 Å². The van der Waals surface area contributed by atoms with E-state index >= 15 is 0 Å². The van der Waals surface area contributed by atoms with Gasteiger partial charge in [0.1, 0.15) is 0 Å². The molecule has 0 radical (unpaired) electrons. The van der Waals surface area contributed by atoms with Gasteiger partial charge in [0.15, 0.2) is 11.5 Å². The van der Waals surface area contributed by atoms with Crippen LogP contribution in [-0.4, -0.2) is 19.1 Å². The van der Waals surface area contributed by atoms with Crippen LogP contribution in [-0.2, 0) is 0 Å². The van der Waals surface area contributed by atoms with Crippen molar-refractivity contribution in [2.24, 2.45) is 5.73 Å². The molecular formula is C11H12BrNO3. The monoisotopic (exact) mass is 285 g/mol. The summed E-state index contributed by atoms with van der Waals surface area (Å²) in [7, 11) is 0. The van der Waals surface area contributed by atoms with Gasteiger partial charge in [0.2, 0.25) is 5.91 Å². The summed E-state index contributed by atoms with van der Waals surface area (Å²) in [4.78, 5) is 11.1. The predicted octanol–water partition coefficient (Wildman–Crippen LogP) is 2.10.